The lowest BCUT2D eigenvalue weighted by Crippen LogP contribution is -1.84. The monoisotopic (exact) mass is 253 g/mol. The molecular formula is C16H12FNO. The van der Waals surface area contributed by atoms with Gasteiger partial charge in [0.1, 0.15) is 5.82 Å². The van der Waals surface area contributed by atoms with Crippen LogP contribution in [0.3, 0.4) is 0 Å². The molecule has 19 heavy (non-hydrogen) atoms. The van der Waals surface area contributed by atoms with E-state index in [1.807, 2.05) is 31.2 Å². The van der Waals surface area contributed by atoms with Gasteiger partial charge < -0.3 is 4.98 Å². The Kier molecular flexibility index (Phi) is 2.67. The molecule has 0 atom stereocenters. The van der Waals surface area contributed by atoms with Gasteiger partial charge >= 0.3 is 0 Å². The second kappa shape index (κ2) is 4.35. The number of H-pyrrole nitrogens is 1. The van der Waals surface area contributed by atoms with Crippen molar-refractivity contribution in [3.8, 4) is 11.3 Å². The first-order chi connectivity index (χ1) is 9.19. The Labute approximate surface area is 109 Å². The van der Waals surface area contributed by atoms with Crippen LogP contribution in [0, 0.1) is 12.7 Å². The van der Waals surface area contributed by atoms with Crippen LogP contribution in [0.4, 0.5) is 4.39 Å². The largest absolute Gasteiger partial charge is 0.354 e. The Hall–Kier alpha value is -2.42. The highest BCUT2D eigenvalue weighted by Gasteiger charge is 2.12. The van der Waals surface area contributed by atoms with Crippen molar-refractivity contribution in [1.82, 2.24) is 4.98 Å². The molecule has 3 heteroatoms. The van der Waals surface area contributed by atoms with Gasteiger partial charge in [0.05, 0.1) is 5.69 Å². The van der Waals surface area contributed by atoms with Crippen LogP contribution in [0.25, 0.3) is 22.2 Å². The lowest BCUT2D eigenvalue weighted by atomic mass is 10.1. The number of nitrogens with one attached hydrogen (secondary N) is 1. The molecule has 0 aliphatic heterocycles. The number of rotatable bonds is 2. The van der Waals surface area contributed by atoms with Gasteiger partial charge in [-0.25, -0.2) is 4.39 Å². The number of aldehydes is 1. The molecule has 1 heterocycles. The van der Waals surface area contributed by atoms with Gasteiger partial charge in [0.15, 0.2) is 6.29 Å². The number of aryl methyl sites for hydroxylation is 1. The highest BCUT2D eigenvalue weighted by atomic mass is 19.1. The molecule has 0 bridgehead atoms. The van der Waals surface area contributed by atoms with Crippen LogP contribution in [0.15, 0.2) is 42.5 Å². The summed E-state index contributed by atoms with van der Waals surface area (Å²) in [4.78, 5) is 14.5. The molecule has 2 aromatic carbocycles. The van der Waals surface area contributed by atoms with Crippen LogP contribution in [0.5, 0.6) is 0 Å². The van der Waals surface area contributed by atoms with E-state index in [0.717, 1.165) is 28.6 Å². The molecular weight excluding hydrogens is 241 g/mol. The second-order valence-corrected chi connectivity index (χ2v) is 4.59. The minimum absolute atomic E-state index is 0.343. The quantitative estimate of drug-likeness (QED) is 0.685. The normalized spacial score (nSPS) is 10.8. The zero-order chi connectivity index (χ0) is 13.4. The van der Waals surface area contributed by atoms with Crippen molar-refractivity contribution in [2.75, 3.05) is 0 Å². The molecule has 1 aromatic heterocycles. The van der Waals surface area contributed by atoms with E-state index in [1.165, 1.54) is 12.1 Å². The lowest BCUT2D eigenvalue weighted by molar-refractivity contribution is 0.112. The third kappa shape index (κ3) is 1.93. The summed E-state index contributed by atoms with van der Waals surface area (Å²) < 4.78 is 13.3. The maximum absolute atomic E-state index is 13.3. The van der Waals surface area contributed by atoms with Gasteiger partial charge in [-0.05, 0) is 30.7 Å². The Balaban J connectivity index is 2.28. The number of benzene rings is 2. The number of hydrogen-bond acceptors (Lipinski definition) is 1. The Bertz CT molecular complexity index is 756. The van der Waals surface area contributed by atoms with Crippen molar-refractivity contribution in [2.24, 2.45) is 0 Å². The number of halogens is 1. The van der Waals surface area contributed by atoms with Crippen molar-refractivity contribution < 1.29 is 9.18 Å². The standard InChI is InChI=1S/C16H12FNO/c1-10-2-4-11(5-3-10)16-14(9-19)13-8-12(17)6-7-15(13)18-16/h2-9,18H,1H3. The first-order valence-electron chi connectivity index (χ1n) is 6.02. The van der Waals surface area contributed by atoms with Crippen LogP contribution >= 0.6 is 0 Å². The van der Waals surface area contributed by atoms with Gasteiger partial charge in [-0.3, -0.25) is 4.79 Å². The zero-order valence-corrected chi connectivity index (χ0v) is 10.4. The number of carbonyl (C=O) groups is 1. The highest BCUT2D eigenvalue weighted by Crippen LogP contribution is 2.29. The molecule has 1 N–H and O–H groups in total. The molecule has 2 nitrogen and oxygen atoms in total. The maximum Gasteiger partial charge on any atom is 0.152 e. The van der Waals surface area contributed by atoms with Gasteiger partial charge in [-0.1, -0.05) is 29.8 Å². The maximum atomic E-state index is 13.3. The van der Waals surface area contributed by atoms with E-state index in [1.54, 1.807) is 6.07 Å². The van der Waals surface area contributed by atoms with Crippen molar-refractivity contribution in [3.63, 3.8) is 0 Å². The average molecular weight is 253 g/mol. The van der Waals surface area contributed by atoms with Crippen LogP contribution in [0.1, 0.15) is 15.9 Å². The summed E-state index contributed by atoms with van der Waals surface area (Å²) in [5.74, 6) is -0.343. The molecule has 0 amide bonds. The predicted octanol–water partition coefficient (Wildman–Crippen LogP) is 4.09. The smallest absolute Gasteiger partial charge is 0.152 e. The molecule has 0 radical (unpaired) electrons. The Morgan fingerprint density at radius 1 is 1.11 bits per heavy atom. The minimum Gasteiger partial charge on any atom is -0.354 e. The predicted molar refractivity (Wildman–Crippen MR) is 73.8 cm³/mol. The summed E-state index contributed by atoms with van der Waals surface area (Å²) in [6.07, 6.45) is 0.771. The number of aromatic amines is 1. The van der Waals surface area contributed by atoms with Crippen LogP contribution in [-0.4, -0.2) is 11.3 Å². The molecule has 0 aliphatic carbocycles. The van der Waals surface area contributed by atoms with E-state index in [9.17, 15) is 9.18 Å². The SMILES string of the molecule is Cc1ccc(-c2[nH]c3ccc(F)cc3c2C=O)cc1. The van der Waals surface area contributed by atoms with Crippen LogP contribution in [-0.2, 0) is 0 Å². The fraction of sp³-hybridized carbons (Fsp3) is 0.0625. The number of aromatic nitrogens is 1. The van der Waals surface area contributed by atoms with Crippen molar-refractivity contribution >= 4 is 17.2 Å². The summed E-state index contributed by atoms with van der Waals surface area (Å²) in [6.45, 7) is 2.00. The van der Waals surface area contributed by atoms with Gasteiger partial charge in [0.25, 0.3) is 0 Å². The molecule has 3 rings (SSSR count). The fourth-order valence-corrected chi connectivity index (χ4v) is 2.26. The third-order valence-electron chi connectivity index (χ3n) is 3.26. The summed E-state index contributed by atoms with van der Waals surface area (Å²) in [5, 5.41) is 0.616. The number of carbonyl (C=O) groups excluding carboxylic acids is 1. The minimum atomic E-state index is -0.343. The van der Waals surface area contributed by atoms with Gasteiger partial charge in [-0.2, -0.15) is 0 Å². The average Bonchev–Trinajstić information content (AvgIpc) is 2.77. The Morgan fingerprint density at radius 2 is 1.84 bits per heavy atom. The first-order valence-corrected chi connectivity index (χ1v) is 6.02. The molecule has 3 aromatic rings. The molecule has 94 valence electrons. The van der Waals surface area contributed by atoms with E-state index in [-0.39, 0.29) is 5.82 Å². The van der Waals surface area contributed by atoms with E-state index in [4.69, 9.17) is 0 Å². The summed E-state index contributed by atoms with van der Waals surface area (Å²) >= 11 is 0. The van der Waals surface area contributed by atoms with E-state index in [0.29, 0.717) is 10.9 Å². The van der Waals surface area contributed by atoms with E-state index >= 15 is 0 Å². The molecule has 0 unspecified atom stereocenters. The molecule has 0 aliphatic rings. The van der Waals surface area contributed by atoms with Gasteiger partial charge in [-0.15, -0.1) is 0 Å². The van der Waals surface area contributed by atoms with Gasteiger partial charge in [0.2, 0.25) is 0 Å². The first kappa shape index (κ1) is 11.7. The highest BCUT2D eigenvalue weighted by molar-refractivity contribution is 6.04. The Morgan fingerprint density at radius 3 is 2.53 bits per heavy atom. The van der Waals surface area contributed by atoms with E-state index in [2.05, 4.69) is 4.98 Å². The molecule has 0 saturated heterocycles. The molecule has 0 spiro atoms. The van der Waals surface area contributed by atoms with Crippen LogP contribution in [0.2, 0.25) is 0 Å². The molecule has 0 fully saturated rings. The zero-order valence-electron chi connectivity index (χ0n) is 10.4. The number of fused-ring (bicyclic) bond motifs is 1. The number of hydrogen-bond donors (Lipinski definition) is 1. The van der Waals surface area contributed by atoms with Crippen molar-refractivity contribution in [2.45, 2.75) is 6.92 Å². The van der Waals surface area contributed by atoms with E-state index < -0.39 is 0 Å². The summed E-state index contributed by atoms with van der Waals surface area (Å²) in [5.41, 5.74) is 4.07. The van der Waals surface area contributed by atoms with Crippen molar-refractivity contribution in [3.05, 3.63) is 59.4 Å². The third-order valence-corrected chi connectivity index (χ3v) is 3.26. The summed E-state index contributed by atoms with van der Waals surface area (Å²) in [6, 6.07) is 12.3. The summed E-state index contributed by atoms with van der Waals surface area (Å²) in [7, 11) is 0. The topological polar surface area (TPSA) is 32.9 Å². The van der Waals surface area contributed by atoms with Crippen LogP contribution < -0.4 is 0 Å². The van der Waals surface area contributed by atoms with Gasteiger partial charge in [0, 0.05) is 16.5 Å². The van der Waals surface area contributed by atoms with Crippen molar-refractivity contribution in [1.29, 1.82) is 0 Å². The second-order valence-electron chi connectivity index (χ2n) is 4.59. The molecule has 0 saturated carbocycles. The fourth-order valence-electron chi connectivity index (χ4n) is 2.26. The lowest BCUT2D eigenvalue weighted by Gasteiger charge is -2.00.